The Morgan fingerprint density at radius 2 is 2.38 bits per heavy atom. The predicted molar refractivity (Wildman–Crippen MR) is 54.1 cm³/mol. The lowest BCUT2D eigenvalue weighted by Crippen LogP contribution is -1.97. The third-order valence-corrected chi connectivity index (χ3v) is 2.30. The van der Waals surface area contributed by atoms with Crippen LogP contribution in [0.5, 0.6) is 0 Å². The summed E-state index contributed by atoms with van der Waals surface area (Å²) in [5.74, 6) is 1.02. The smallest absolute Gasteiger partial charge is 0.222 e. The van der Waals surface area contributed by atoms with E-state index in [-0.39, 0.29) is 5.95 Å². The van der Waals surface area contributed by atoms with Crippen molar-refractivity contribution in [1.29, 1.82) is 0 Å². The molecular formula is C7H10ClN3OS. The topological polar surface area (TPSA) is 61.0 Å². The van der Waals surface area contributed by atoms with E-state index in [4.69, 9.17) is 22.1 Å². The molecule has 0 radical (unpaired) electrons. The molecule has 0 aliphatic heterocycles. The Morgan fingerprint density at radius 3 is 3.00 bits per heavy atom. The van der Waals surface area contributed by atoms with Gasteiger partial charge in [-0.15, -0.1) is 11.8 Å². The quantitative estimate of drug-likeness (QED) is 0.472. The van der Waals surface area contributed by atoms with E-state index in [0.717, 1.165) is 10.8 Å². The molecule has 0 aliphatic rings. The van der Waals surface area contributed by atoms with Gasteiger partial charge in [0.1, 0.15) is 10.2 Å². The summed E-state index contributed by atoms with van der Waals surface area (Å²) in [5.41, 5.74) is 5.41. The van der Waals surface area contributed by atoms with Crippen molar-refractivity contribution in [3.63, 3.8) is 0 Å². The SMILES string of the molecule is COCCSc1cc(Cl)nc(N)n1. The molecular weight excluding hydrogens is 210 g/mol. The van der Waals surface area contributed by atoms with E-state index in [2.05, 4.69) is 9.97 Å². The lowest BCUT2D eigenvalue weighted by Gasteiger charge is -2.01. The highest BCUT2D eigenvalue weighted by Crippen LogP contribution is 2.18. The highest BCUT2D eigenvalue weighted by atomic mass is 35.5. The maximum absolute atomic E-state index is 5.69. The van der Waals surface area contributed by atoms with Crippen LogP contribution >= 0.6 is 23.4 Å². The normalized spacial score (nSPS) is 10.3. The summed E-state index contributed by atoms with van der Waals surface area (Å²) in [5, 5.41) is 1.14. The summed E-state index contributed by atoms with van der Waals surface area (Å²) in [6.45, 7) is 0.673. The second-order valence-corrected chi connectivity index (χ2v) is 3.73. The molecule has 4 nitrogen and oxygen atoms in total. The number of thioether (sulfide) groups is 1. The number of ether oxygens (including phenoxy) is 1. The number of anilines is 1. The molecule has 72 valence electrons. The first-order chi connectivity index (χ1) is 6.22. The van der Waals surface area contributed by atoms with Crippen molar-refractivity contribution < 1.29 is 4.74 Å². The summed E-state index contributed by atoms with van der Waals surface area (Å²) in [7, 11) is 1.65. The molecule has 2 N–H and O–H groups in total. The van der Waals surface area contributed by atoms with Crippen molar-refractivity contribution in [3.05, 3.63) is 11.2 Å². The van der Waals surface area contributed by atoms with Gasteiger partial charge in [-0.25, -0.2) is 9.97 Å². The number of halogens is 1. The van der Waals surface area contributed by atoms with Crippen LogP contribution < -0.4 is 5.73 Å². The molecule has 0 amide bonds. The van der Waals surface area contributed by atoms with Gasteiger partial charge in [0.25, 0.3) is 0 Å². The standard InChI is InChI=1S/C7H10ClN3OS/c1-12-2-3-13-6-4-5(8)10-7(9)11-6/h4H,2-3H2,1H3,(H2,9,10,11). The van der Waals surface area contributed by atoms with Crippen LogP contribution in [0.1, 0.15) is 0 Å². The number of aromatic nitrogens is 2. The van der Waals surface area contributed by atoms with Crippen molar-refractivity contribution in [2.24, 2.45) is 0 Å². The van der Waals surface area contributed by atoms with Crippen LogP contribution in [0, 0.1) is 0 Å². The van der Waals surface area contributed by atoms with Crippen molar-refractivity contribution in [1.82, 2.24) is 9.97 Å². The van der Waals surface area contributed by atoms with Gasteiger partial charge in [0.15, 0.2) is 0 Å². The fourth-order valence-electron chi connectivity index (χ4n) is 0.717. The summed E-state index contributed by atoms with van der Waals surface area (Å²) in [6, 6.07) is 1.68. The van der Waals surface area contributed by atoms with Gasteiger partial charge < -0.3 is 10.5 Å². The minimum Gasteiger partial charge on any atom is -0.384 e. The van der Waals surface area contributed by atoms with Crippen LogP contribution in [0.2, 0.25) is 5.15 Å². The number of nitrogen functional groups attached to an aromatic ring is 1. The molecule has 0 saturated carbocycles. The summed E-state index contributed by atoms with van der Waals surface area (Å²) in [6.07, 6.45) is 0. The first-order valence-electron chi connectivity index (χ1n) is 3.64. The first-order valence-corrected chi connectivity index (χ1v) is 5.00. The van der Waals surface area contributed by atoms with Crippen LogP contribution in [-0.4, -0.2) is 29.4 Å². The fraction of sp³-hybridized carbons (Fsp3) is 0.429. The largest absolute Gasteiger partial charge is 0.384 e. The Morgan fingerprint density at radius 1 is 1.62 bits per heavy atom. The van der Waals surface area contributed by atoms with Gasteiger partial charge in [-0.3, -0.25) is 0 Å². The fourth-order valence-corrected chi connectivity index (χ4v) is 1.78. The number of rotatable bonds is 4. The van der Waals surface area contributed by atoms with Gasteiger partial charge >= 0.3 is 0 Å². The highest BCUT2D eigenvalue weighted by Gasteiger charge is 2.00. The Labute approximate surface area is 85.8 Å². The molecule has 0 atom stereocenters. The Kier molecular flexibility index (Phi) is 4.27. The third kappa shape index (κ3) is 3.80. The minimum absolute atomic E-state index is 0.201. The van der Waals surface area contributed by atoms with Crippen LogP contribution in [-0.2, 0) is 4.74 Å². The average Bonchev–Trinajstić information content (AvgIpc) is 2.03. The minimum atomic E-state index is 0.201. The van der Waals surface area contributed by atoms with E-state index < -0.39 is 0 Å². The first kappa shape index (κ1) is 10.6. The van der Waals surface area contributed by atoms with Gasteiger partial charge in [0, 0.05) is 18.9 Å². The lowest BCUT2D eigenvalue weighted by atomic mass is 10.7. The average molecular weight is 220 g/mol. The predicted octanol–water partition coefficient (Wildman–Crippen LogP) is 1.45. The van der Waals surface area contributed by atoms with E-state index in [1.807, 2.05) is 0 Å². The third-order valence-electron chi connectivity index (χ3n) is 1.23. The molecule has 13 heavy (non-hydrogen) atoms. The zero-order valence-electron chi connectivity index (χ0n) is 7.16. The molecule has 0 bridgehead atoms. The van der Waals surface area contributed by atoms with Gasteiger partial charge in [0.05, 0.1) is 6.61 Å². The van der Waals surface area contributed by atoms with Crippen LogP contribution in [0.15, 0.2) is 11.1 Å². The molecule has 0 saturated heterocycles. The molecule has 1 heterocycles. The van der Waals surface area contributed by atoms with Crippen molar-refractivity contribution in [2.45, 2.75) is 5.03 Å². The number of nitrogens with two attached hydrogens (primary N) is 1. The molecule has 1 aromatic rings. The van der Waals surface area contributed by atoms with E-state index in [0.29, 0.717) is 11.8 Å². The molecule has 6 heteroatoms. The number of hydrogen-bond donors (Lipinski definition) is 1. The summed E-state index contributed by atoms with van der Waals surface area (Å²) >= 11 is 7.22. The molecule has 0 fully saturated rings. The maximum atomic E-state index is 5.69. The van der Waals surface area contributed by atoms with Crippen LogP contribution in [0.4, 0.5) is 5.95 Å². The molecule has 1 aromatic heterocycles. The van der Waals surface area contributed by atoms with E-state index >= 15 is 0 Å². The number of hydrogen-bond acceptors (Lipinski definition) is 5. The zero-order chi connectivity index (χ0) is 9.68. The van der Waals surface area contributed by atoms with Crippen molar-refractivity contribution in [2.75, 3.05) is 25.2 Å². The van der Waals surface area contributed by atoms with Crippen LogP contribution in [0.25, 0.3) is 0 Å². The second-order valence-electron chi connectivity index (χ2n) is 2.23. The maximum Gasteiger partial charge on any atom is 0.222 e. The van der Waals surface area contributed by atoms with Gasteiger partial charge in [-0.1, -0.05) is 11.6 Å². The monoisotopic (exact) mass is 219 g/mol. The van der Waals surface area contributed by atoms with Gasteiger partial charge in [-0.2, -0.15) is 0 Å². The molecule has 0 unspecified atom stereocenters. The van der Waals surface area contributed by atoms with Gasteiger partial charge in [-0.05, 0) is 0 Å². The number of methoxy groups -OCH3 is 1. The van der Waals surface area contributed by atoms with Crippen molar-refractivity contribution >= 4 is 29.3 Å². The molecule has 0 aliphatic carbocycles. The van der Waals surface area contributed by atoms with Crippen molar-refractivity contribution in [3.8, 4) is 0 Å². The van der Waals surface area contributed by atoms with Gasteiger partial charge in [0.2, 0.25) is 5.95 Å². The lowest BCUT2D eigenvalue weighted by molar-refractivity contribution is 0.218. The van der Waals surface area contributed by atoms with Crippen LogP contribution in [0.3, 0.4) is 0 Å². The summed E-state index contributed by atoms with van der Waals surface area (Å²) in [4.78, 5) is 7.75. The highest BCUT2D eigenvalue weighted by molar-refractivity contribution is 7.99. The Hall–Kier alpha value is -0.520. The Bertz CT molecular complexity index is 264. The van der Waals surface area contributed by atoms with E-state index in [1.165, 1.54) is 11.8 Å². The zero-order valence-corrected chi connectivity index (χ0v) is 8.73. The second kappa shape index (κ2) is 5.26. The molecule has 0 spiro atoms. The van der Waals surface area contributed by atoms with E-state index in [9.17, 15) is 0 Å². The number of nitrogens with zero attached hydrogens (tertiary/aromatic N) is 2. The summed E-state index contributed by atoms with van der Waals surface area (Å²) < 4.78 is 4.90. The molecule has 0 aromatic carbocycles. The Balaban J connectivity index is 2.56. The van der Waals surface area contributed by atoms with E-state index in [1.54, 1.807) is 13.2 Å². The molecule has 1 rings (SSSR count).